The summed E-state index contributed by atoms with van der Waals surface area (Å²) in [5.41, 5.74) is 2.43. The second-order valence-corrected chi connectivity index (χ2v) is 6.24. The lowest BCUT2D eigenvalue weighted by atomic mass is 10.1. The molecule has 1 aromatic heterocycles. The van der Waals surface area contributed by atoms with Gasteiger partial charge in [-0.25, -0.2) is 4.79 Å². The second kappa shape index (κ2) is 11.3. The highest BCUT2D eigenvalue weighted by Gasteiger charge is 2.05. The number of carboxylic acid groups (broad SMARTS) is 1. The molecule has 0 radical (unpaired) electrons. The Morgan fingerprint density at radius 3 is 2.36 bits per heavy atom. The van der Waals surface area contributed by atoms with Crippen LogP contribution in [0.3, 0.4) is 0 Å². The Kier molecular flexibility index (Phi) is 8.45. The number of hydrogen-bond donors (Lipinski definition) is 4. The summed E-state index contributed by atoms with van der Waals surface area (Å²) in [6.07, 6.45) is 4.72. The predicted octanol–water partition coefficient (Wildman–Crippen LogP) is 2.66. The molecule has 0 atom stereocenters. The van der Waals surface area contributed by atoms with Crippen LogP contribution in [0.1, 0.15) is 36.8 Å². The van der Waals surface area contributed by atoms with Gasteiger partial charge >= 0.3 is 12.0 Å². The number of carboxylic acids is 1. The van der Waals surface area contributed by atoms with Crippen LogP contribution in [0.25, 0.3) is 0 Å². The third-order valence-corrected chi connectivity index (χ3v) is 3.92. The lowest BCUT2D eigenvalue weighted by Crippen LogP contribution is -2.28. The summed E-state index contributed by atoms with van der Waals surface area (Å²) < 4.78 is 0. The van der Waals surface area contributed by atoms with Crippen molar-refractivity contribution in [2.24, 2.45) is 0 Å². The first kappa shape index (κ1) is 20.9. The fourth-order valence-corrected chi connectivity index (χ4v) is 2.47. The van der Waals surface area contributed by atoms with Gasteiger partial charge in [0.15, 0.2) is 0 Å². The minimum atomic E-state index is -0.852. The first-order valence-corrected chi connectivity index (χ1v) is 9.04. The first-order valence-electron chi connectivity index (χ1n) is 9.04. The summed E-state index contributed by atoms with van der Waals surface area (Å²) in [7, 11) is 0. The molecule has 1 aromatic carbocycles. The molecule has 0 fully saturated rings. The Morgan fingerprint density at radius 1 is 0.893 bits per heavy atom. The van der Waals surface area contributed by atoms with Gasteiger partial charge in [-0.05, 0) is 48.2 Å². The van der Waals surface area contributed by atoms with Crippen molar-refractivity contribution in [1.82, 2.24) is 15.6 Å². The van der Waals surface area contributed by atoms with E-state index < -0.39 is 5.97 Å². The second-order valence-electron chi connectivity index (χ2n) is 6.24. The number of urea groups is 1. The van der Waals surface area contributed by atoms with Gasteiger partial charge in [0.05, 0.1) is 0 Å². The van der Waals surface area contributed by atoms with Crippen molar-refractivity contribution in [3.63, 3.8) is 0 Å². The van der Waals surface area contributed by atoms with Crippen LogP contribution in [0.2, 0.25) is 0 Å². The molecule has 0 spiro atoms. The van der Waals surface area contributed by atoms with Crippen LogP contribution in [0.5, 0.6) is 0 Å². The average Bonchev–Trinajstić information content (AvgIpc) is 2.69. The van der Waals surface area contributed by atoms with E-state index >= 15 is 0 Å². The van der Waals surface area contributed by atoms with E-state index in [4.69, 9.17) is 5.11 Å². The van der Waals surface area contributed by atoms with Crippen molar-refractivity contribution < 1.29 is 19.5 Å². The highest BCUT2D eigenvalue weighted by atomic mass is 16.4. The number of carbonyl (C=O) groups excluding carboxylic acids is 2. The van der Waals surface area contributed by atoms with Crippen LogP contribution >= 0.6 is 0 Å². The number of aliphatic carboxylic acids is 1. The molecule has 4 N–H and O–H groups in total. The molecule has 0 bridgehead atoms. The zero-order chi connectivity index (χ0) is 20.2. The van der Waals surface area contributed by atoms with E-state index in [-0.39, 0.29) is 18.4 Å². The highest BCUT2D eigenvalue weighted by molar-refractivity contribution is 5.89. The summed E-state index contributed by atoms with van der Waals surface area (Å²) in [6.45, 7) is 0.734. The SMILES string of the molecule is O=C(O)CCCCC(=O)NCc1cccc(NC(=O)NCc2ccncc2)c1. The van der Waals surface area contributed by atoms with E-state index in [1.165, 1.54) is 0 Å². The maximum absolute atomic E-state index is 12.0. The minimum absolute atomic E-state index is 0.0736. The molecule has 0 saturated carbocycles. The summed E-state index contributed by atoms with van der Waals surface area (Å²) in [6, 6.07) is 10.5. The fourth-order valence-electron chi connectivity index (χ4n) is 2.47. The van der Waals surface area contributed by atoms with Crippen LogP contribution < -0.4 is 16.0 Å². The Hall–Kier alpha value is -3.42. The van der Waals surface area contributed by atoms with Crippen LogP contribution in [0.4, 0.5) is 10.5 Å². The number of aromatic nitrogens is 1. The number of nitrogens with zero attached hydrogens (tertiary/aromatic N) is 1. The van der Waals surface area contributed by atoms with Gasteiger partial charge in [-0.15, -0.1) is 0 Å². The summed E-state index contributed by atoms with van der Waals surface area (Å²) in [5.74, 6) is -0.978. The number of pyridine rings is 1. The van der Waals surface area contributed by atoms with E-state index in [1.54, 1.807) is 30.6 Å². The summed E-state index contributed by atoms with van der Waals surface area (Å²) in [4.78, 5) is 38.2. The van der Waals surface area contributed by atoms with Crippen molar-refractivity contribution in [1.29, 1.82) is 0 Å². The largest absolute Gasteiger partial charge is 0.481 e. The normalized spacial score (nSPS) is 10.1. The van der Waals surface area contributed by atoms with Crippen LogP contribution in [-0.4, -0.2) is 28.0 Å². The van der Waals surface area contributed by atoms with E-state index in [9.17, 15) is 14.4 Å². The quantitative estimate of drug-likeness (QED) is 0.469. The summed E-state index contributed by atoms with van der Waals surface area (Å²) >= 11 is 0. The summed E-state index contributed by atoms with van der Waals surface area (Å²) in [5, 5.41) is 16.9. The number of benzene rings is 1. The van der Waals surface area contributed by atoms with Gasteiger partial charge in [-0.3, -0.25) is 14.6 Å². The maximum Gasteiger partial charge on any atom is 0.319 e. The molecule has 0 aliphatic rings. The van der Waals surface area contributed by atoms with Crippen molar-refractivity contribution >= 4 is 23.6 Å². The van der Waals surface area contributed by atoms with Gasteiger partial charge in [0.2, 0.25) is 5.91 Å². The van der Waals surface area contributed by atoms with Crippen molar-refractivity contribution in [2.75, 3.05) is 5.32 Å². The molecule has 8 nitrogen and oxygen atoms in total. The molecule has 8 heteroatoms. The van der Waals surface area contributed by atoms with E-state index in [2.05, 4.69) is 20.9 Å². The number of unbranched alkanes of at least 4 members (excludes halogenated alkanes) is 1. The standard InChI is InChI=1S/C20H24N4O4/c25-18(6-1-2-7-19(26)27)22-14-16-4-3-5-17(12-16)24-20(28)23-13-15-8-10-21-11-9-15/h3-5,8-12H,1-2,6-7,13-14H2,(H,22,25)(H,26,27)(H2,23,24,28). The smallest absolute Gasteiger partial charge is 0.319 e. The number of anilines is 1. The number of hydrogen-bond acceptors (Lipinski definition) is 4. The first-order chi connectivity index (χ1) is 13.5. The highest BCUT2D eigenvalue weighted by Crippen LogP contribution is 2.11. The van der Waals surface area contributed by atoms with Crippen LogP contribution in [0.15, 0.2) is 48.8 Å². The zero-order valence-electron chi connectivity index (χ0n) is 15.5. The van der Waals surface area contributed by atoms with Gasteiger partial charge in [-0.2, -0.15) is 0 Å². The molecule has 28 heavy (non-hydrogen) atoms. The number of rotatable bonds is 10. The van der Waals surface area contributed by atoms with Crippen LogP contribution in [-0.2, 0) is 22.7 Å². The van der Waals surface area contributed by atoms with Crippen molar-refractivity contribution in [3.8, 4) is 0 Å². The van der Waals surface area contributed by atoms with E-state index in [1.807, 2.05) is 18.2 Å². The van der Waals surface area contributed by atoms with Gasteiger partial charge in [-0.1, -0.05) is 12.1 Å². The van der Waals surface area contributed by atoms with Crippen LogP contribution in [0, 0.1) is 0 Å². The average molecular weight is 384 g/mol. The molecule has 0 saturated heterocycles. The van der Waals surface area contributed by atoms with Gasteiger partial charge in [0, 0.05) is 44.0 Å². The molecular formula is C20H24N4O4. The molecule has 0 aliphatic heterocycles. The van der Waals surface area contributed by atoms with E-state index in [0.29, 0.717) is 38.0 Å². The molecule has 0 aliphatic carbocycles. The molecular weight excluding hydrogens is 360 g/mol. The monoisotopic (exact) mass is 384 g/mol. The molecule has 2 aromatic rings. The van der Waals surface area contributed by atoms with Crippen molar-refractivity contribution in [2.45, 2.75) is 38.8 Å². The Balaban J connectivity index is 1.72. The lowest BCUT2D eigenvalue weighted by Gasteiger charge is -2.10. The molecule has 0 unspecified atom stereocenters. The Bertz CT molecular complexity index is 796. The Morgan fingerprint density at radius 2 is 1.61 bits per heavy atom. The number of carbonyl (C=O) groups is 3. The molecule has 2 rings (SSSR count). The maximum atomic E-state index is 12.0. The molecule has 3 amide bonds. The lowest BCUT2D eigenvalue weighted by molar-refractivity contribution is -0.137. The van der Waals surface area contributed by atoms with E-state index in [0.717, 1.165) is 11.1 Å². The topological polar surface area (TPSA) is 120 Å². The van der Waals surface area contributed by atoms with Gasteiger partial charge in [0.1, 0.15) is 0 Å². The zero-order valence-corrected chi connectivity index (χ0v) is 15.5. The van der Waals surface area contributed by atoms with Gasteiger partial charge in [0.25, 0.3) is 0 Å². The Labute approximate surface area is 163 Å². The predicted molar refractivity (Wildman–Crippen MR) is 104 cm³/mol. The minimum Gasteiger partial charge on any atom is -0.481 e. The van der Waals surface area contributed by atoms with Crippen molar-refractivity contribution in [3.05, 3.63) is 59.9 Å². The fraction of sp³-hybridized carbons (Fsp3) is 0.300. The third-order valence-electron chi connectivity index (χ3n) is 3.92. The number of nitrogens with one attached hydrogen (secondary N) is 3. The molecule has 148 valence electrons. The van der Waals surface area contributed by atoms with Gasteiger partial charge < -0.3 is 21.1 Å². The number of amides is 3. The third kappa shape index (κ3) is 8.31. The molecule has 1 heterocycles.